The van der Waals surface area contributed by atoms with Crippen LogP contribution in [0.3, 0.4) is 0 Å². The van der Waals surface area contributed by atoms with Crippen molar-refractivity contribution in [3.63, 3.8) is 0 Å². The van der Waals surface area contributed by atoms with E-state index < -0.39 is 39.2 Å². The number of fused-ring (bicyclic) bond motifs is 1. The van der Waals surface area contributed by atoms with Crippen molar-refractivity contribution in [2.75, 3.05) is 13.2 Å². The zero-order valence-electron chi connectivity index (χ0n) is 18.5. The fourth-order valence-electron chi connectivity index (χ4n) is 4.00. The van der Waals surface area contributed by atoms with Crippen molar-refractivity contribution in [2.45, 2.75) is 18.8 Å². The van der Waals surface area contributed by atoms with Gasteiger partial charge in [0.05, 0.1) is 41.4 Å². The van der Waals surface area contributed by atoms with Gasteiger partial charge in [0.1, 0.15) is 0 Å². The molecule has 0 aliphatic carbocycles. The molecule has 2 fully saturated rings. The summed E-state index contributed by atoms with van der Waals surface area (Å²) in [5.41, 5.74) is 0.314. The quantitative estimate of drug-likeness (QED) is 0.460. The van der Waals surface area contributed by atoms with E-state index in [1.807, 2.05) is 0 Å². The predicted molar refractivity (Wildman–Crippen MR) is 130 cm³/mol. The Labute approximate surface area is 217 Å². The van der Waals surface area contributed by atoms with Crippen LogP contribution >= 0.6 is 23.4 Å². The Balaban J connectivity index is 1.36. The van der Waals surface area contributed by atoms with Crippen LogP contribution in [0, 0.1) is 0 Å². The molecule has 0 saturated carbocycles. The van der Waals surface area contributed by atoms with Crippen LogP contribution in [-0.2, 0) is 32.0 Å². The summed E-state index contributed by atoms with van der Waals surface area (Å²) in [5.74, 6) is -0.570. The molecule has 1 aromatic heterocycles. The molecule has 1 N–H and O–H groups in total. The molecule has 15 heteroatoms. The summed E-state index contributed by atoms with van der Waals surface area (Å²) in [6.45, 7) is -0.496. The maximum Gasteiger partial charge on any atom is 0.416 e. The number of thioether (sulfide) groups is 1. The normalized spacial score (nSPS) is 21.0. The molecule has 3 heterocycles. The van der Waals surface area contributed by atoms with Gasteiger partial charge in [0.25, 0.3) is 11.1 Å². The minimum atomic E-state index is -4.57. The predicted octanol–water partition coefficient (Wildman–Crippen LogP) is 4.03. The van der Waals surface area contributed by atoms with Crippen LogP contribution in [0.2, 0.25) is 5.02 Å². The van der Waals surface area contributed by atoms with E-state index in [0.717, 1.165) is 22.7 Å². The van der Waals surface area contributed by atoms with E-state index in [4.69, 9.17) is 11.6 Å². The summed E-state index contributed by atoms with van der Waals surface area (Å²) in [6, 6.07) is 7.84. The second-order valence-corrected chi connectivity index (χ2v) is 11.1. The van der Waals surface area contributed by atoms with Crippen molar-refractivity contribution in [2.24, 2.45) is 0 Å². The maximum absolute atomic E-state index is 13.5. The molecule has 2 aliphatic heterocycles. The van der Waals surface area contributed by atoms with Gasteiger partial charge in [0.2, 0.25) is 0 Å². The van der Waals surface area contributed by atoms with E-state index in [-0.39, 0.29) is 35.2 Å². The topological polar surface area (TPSA) is 111 Å². The standard InChI is InChI=1S/C22H16ClF3N4O5S2/c23-15-3-2-13(17(7-15)22(24,25)26)9-30-18-4-1-12(5-14(18)8-27-30)6-19-20(31)29(21(32)36-19)10-16-11-35-37(33,34)28-16/h1-8,16,28H,9-11H2/b19-6-. The maximum atomic E-state index is 13.5. The third-order valence-corrected chi connectivity index (χ3v) is 7.88. The van der Waals surface area contributed by atoms with Crippen LogP contribution in [0.25, 0.3) is 17.0 Å². The number of rotatable bonds is 5. The number of aromatic nitrogens is 2. The van der Waals surface area contributed by atoms with Crippen molar-refractivity contribution in [1.82, 2.24) is 19.4 Å². The van der Waals surface area contributed by atoms with Crippen LogP contribution in [0.5, 0.6) is 0 Å². The SMILES string of the molecule is O=C1S/C(=C\c2ccc3c(cnn3Cc3ccc(Cl)cc3C(F)(F)F)c2)C(=O)N1CC1COS(=O)(=O)N1. The lowest BCUT2D eigenvalue weighted by Crippen LogP contribution is -2.41. The van der Waals surface area contributed by atoms with Crippen molar-refractivity contribution in [3.8, 4) is 0 Å². The van der Waals surface area contributed by atoms with Gasteiger partial charge >= 0.3 is 16.5 Å². The first-order valence-corrected chi connectivity index (χ1v) is 13.2. The number of imide groups is 1. The van der Waals surface area contributed by atoms with E-state index in [1.165, 1.54) is 29.1 Å². The van der Waals surface area contributed by atoms with E-state index in [0.29, 0.717) is 16.5 Å². The Morgan fingerprint density at radius 3 is 2.70 bits per heavy atom. The molecule has 2 aliphatic rings. The molecule has 194 valence electrons. The Morgan fingerprint density at radius 2 is 2.00 bits per heavy atom. The van der Waals surface area contributed by atoms with Crippen molar-refractivity contribution >= 4 is 61.8 Å². The van der Waals surface area contributed by atoms with Crippen LogP contribution in [0.15, 0.2) is 47.5 Å². The first-order valence-electron chi connectivity index (χ1n) is 10.6. The second kappa shape index (κ2) is 9.44. The van der Waals surface area contributed by atoms with Crippen molar-refractivity contribution < 1.29 is 35.4 Å². The first kappa shape index (κ1) is 25.7. The molecule has 2 aromatic carbocycles. The zero-order valence-corrected chi connectivity index (χ0v) is 20.9. The summed E-state index contributed by atoms with van der Waals surface area (Å²) >= 11 is 6.48. The molecule has 2 saturated heterocycles. The molecule has 2 amide bonds. The van der Waals surface area contributed by atoms with Gasteiger partial charge in [0.15, 0.2) is 0 Å². The highest BCUT2D eigenvalue weighted by Crippen LogP contribution is 2.35. The molecule has 37 heavy (non-hydrogen) atoms. The molecule has 0 bridgehead atoms. The van der Waals surface area contributed by atoms with Gasteiger partial charge in [-0.15, -0.1) is 0 Å². The molecule has 5 rings (SSSR count). The number of nitrogens with zero attached hydrogens (tertiary/aromatic N) is 3. The average Bonchev–Trinajstić information content (AvgIpc) is 3.45. The second-order valence-electron chi connectivity index (χ2n) is 8.27. The smallest absolute Gasteiger partial charge is 0.268 e. The third kappa shape index (κ3) is 5.38. The number of benzene rings is 2. The van der Waals surface area contributed by atoms with Gasteiger partial charge in [-0.25, -0.2) is 0 Å². The lowest BCUT2D eigenvalue weighted by Gasteiger charge is -2.15. The Bertz CT molecular complexity index is 1570. The van der Waals surface area contributed by atoms with E-state index in [9.17, 15) is 31.2 Å². The van der Waals surface area contributed by atoms with E-state index in [2.05, 4.69) is 14.0 Å². The highest BCUT2D eigenvalue weighted by atomic mass is 35.5. The Kier molecular flexibility index (Phi) is 6.56. The number of hydrogen-bond acceptors (Lipinski definition) is 7. The largest absolute Gasteiger partial charge is 0.416 e. The number of halogens is 4. The molecular formula is C22H16ClF3N4O5S2. The van der Waals surface area contributed by atoms with Crippen LogP contribution in [0.1, 0.15) is 16.7 Å². The summed E-state index contributed by atoms with van der Waals surface area (Å²) in [4.78, 5) is 26.2. The number of nitrogens with one attached hydrogen (secondary N) is 1. The summed E-state index contributed by atoms with van der Waals surface area (Å²) < 4.78 is 71.4. The van der Waals surface area contributed by atoms with Crippen LogP contribution < -0.4 is 4.72 Å². The van der Waals surface area contributed by atoms with E-state index >= 15 is 0 Å². The number of carbonyl (C=O) groups excluding carboxylic acids is 2. The highest BCUT2D eigenvalue weighted by molar-refractivity contribution is 8.18. The minimum Gasteiger partial charge on any atom is -0.268 e. The molecule has 0 radical (unpaired) electrons. The highest BCUT2D eigenvalue weighted by Gasteiger charge is 2.39. The van der Waals surface area contributed by atoms with Crippen LogP contribution in [0.4, 0.5) is 18.0 Å². The van der Waals surface area contributed by atoms with Gasteiger partial charge in [0, 0.05) is 17.0 Å². The lowest BCUT2D eigenvalue weighted by molar-refractivity contribution is -0.138. The molecular weight excluding hydrogens is 557 g/mol. The third-order valence-electron chi connectivity index (χ3n) is 5.67. The van der Waals surface area contributed by atoms with Crippen LogP contribution in [-0.4, -0.2) is 53.4 Å². The zero-order chi connectivity index (χ0) is 26.5. The molecule has 9 nitrogen and oxygen atoms in total. The molecule has 3 aromatic rings. The van der Waals surface area contributed by atoms with Gasteiger partial charge < -0.3 is 0 Å². The van der Waals surface area contributed by atoms with Gasteiger partial charge in [-0.3, -0.25) is 23.4 Å². The minimum absolute atomic E-state index is 0.00889. The average molecular weight is 573 g/mol. The summed E-state index contributed by atoms with van der Waals surface area (Å²) in [6.07, 6.45) is -1.57. The number of hydrogen-bond donors (Lipinski definition) is 1. The first-order chi connectivity index (χ1) is 17.4. The van der Waals surface area contributed by atoms with E-state index in [1.54, 1.807) is 18.2 Å². The monoisotopic (exact) mass is 572 g/mol. The molecule has 0 spiro atoms. The Morgan fingerprint density at radius 1 is 1.22 bits per heavy atom. The van der Waals surface area contributed by atoms with Gasteiger partial charge in [-0.2, -0.15) is 31.4 Å². The van der Waals surface area contributed by atoms with Gasteiger partial charge in [-0.05, 0) is 53.2 Å². The number of carbonyl (C=O) groups is 2. The van der Waals surface area contributed by atoms with Gasteiger partial charge in [-0.1, -0.05) is 23.7 Å². The fraction of sp³-hybridized carbons (Fsp3) is 0.227. The number of amides is 2. The summed E-state index contributed by atoms with van der Waals surface area (Å²) in [7, 11) is -3.87. The van der Waals surface area contributed by atoms with Crippen molar-refractivity contribution in [1.29, 1.82) is 0 Å². The van der Waals surface area contributed by atoms with Crippen molar-refractivity contribution in [3.05, 3.63) is 69.2 Å². The Hall–Kier alpha value is -2.91. The molecule has 1 atom stereocenters. The summed E-state index contributed by atoms with van der Waals surface area (Å²) in [5, 5.41) is 4.27. The lowest BCUT2D eigenvalue weighted by atomic mass is 10.1. The number of alkyl halides is 3. The molecule has 1 unspecified atom stereocenters. The fourth-order valence-corrected chi connectivity index (χ4v) is 5.98.